The van der Waals surface area contributed by atoms with Crippen molar-refractivity contribution in [1.29, 1.82) is 0 Å². The number of aliphatic hydroxyl groups is 1. The van der Waals surface area contributed by atoms with Gasteiger partial charge < -0.3 is 9.84 Å². The minimum absolute atomic E-state index is 0.160. The van der Waals surface area contributed by atoms with Crippen molar-refractivity contribution in [2.45, 2.75) is 11.5 Å². The number of sulfonamides is 1. The Kier molecular flexibility index (Phi) is 5.96. The van der Waals surface area contributed by atoms with Crippen LogP contribution in [0.3, 0.4) is 0 Å². The number of rotatable bonds is 6. The number of ether oxygens (including phenoxy) is 1. The first kappa shape index (κ1) is 16.3. The summed E-state index contributed by atoms with van der Waals surface area (Å²) in [5.74, 6) is 0. The van der Waals surface area contributed by atoms with Gasteiger partial charge in [0.2, 0.25) is 10.0 Å². The van der Waals surface area contributed by atoms with E-state index in [4.69, 9.17) is 9.84 Å². The zero-order valence-corrected chi connectivity index (χ0v) is 14.1. The SMILES string of the molecule is O=S(=O)(NCCN1CCOCC1)c1cc(CO)sc1Br. The highest BCUT2D eigenvalue weighted by molar-refractivity contribution is 9.11. The van der Waals surface area contributed by atoms with Gasteiger partial charge in [0.05, 0.1) is 23.6 Å². The molecule has 0 bridgehead atoms. The van der Waals surface area contributed by atoms with Crippen molar-refractivity contribution in [2.24, 2.45) is 0 Å². The number of hydrogen-bond acceptors (Lipinski definition) is 6. The molecule has 0 atom stereocenters. The standard InChI is InChI=1S/C11H17BrN2O4S2/c12-11-10(7-9(8-15)19-11)20(16,17)13-1-2-14-3-5-18-6-4-14/h7,13,15H,1-6,8H2. The van der Waals surface area contributed by atoms with Gasteiger partial charge in [-0.3, -0.25) is 4.90 Å². The van der Waals surface area contributed by atoms with Crippen LogP contribution in [0.5, 0.6) is 0 Å². The quantitative estimate of drug-likeness (QED) is 0.751. The molecule has 20 heavy (non-hydrogen) atoms. The van der Waals surface area contributed by atoms with Crippen LogP contribution in [0.1, 0.15) is 4.88 Å². The molecule has 2 N–H and O–H groups in total. The Balaban J connectivity index is 1.91. The first-order valence-corrected chi connectivity index (χ1v) is 9.31. The van der Waals surface area contributed by atoms with Crippen molar-refractivity contribution in [3.8, 4) is 0 Å². The molecular formula is C11H17BrN2O4S2. The minimum Gasteiger partial charge on any atom is -0.391 e. The number of morpholine rings is 1. The van der Waals surface area contributed by atoms with Gasteiger partial charge >= 0.3 is 0 Å². The van der Waals surface area contributed by atoms with E-state index in [1.807, 2.05) is 0 Å². The Morgan fingerprint density at radius 3 is 2.75 bits per heavy atom. The van der Waals surface area contributed by atoms with Crippen LogP contribution in [0.2, 0.25) is 0 Å². The summed E-state index contributed by atoms with van der Waals surface area (Å²) in [6.07, 6.45) is 0. The smallest absolute Gasteiger partial charge is 0.242 e. The van der Waals surface area contributed by atoms with Gasteiger partial charge in [-0.15, -0.1) is 11.3 Å². The Labute approximate surface area is 130 Å². The van der Waals surface area contributed by atoms with Crippen LogP contribution >= 0.6 is 27.3 Å². The third-order valence-electron chi connectivity index (χ3n) is 2.98. The predicted molar refractivity (Wildman–Crippen MR) is 80.4 cm³/mol. The van der Waals surface area contributed by atoms with Gasteiger partial charge in [-0.1, -0.05) is 0 Å². The molecule has 1 fully saturated rings. The number of aliphatic hydroxyl groups excluding tert-OH is 1. The van der Waals surface area contributed by atoms with Crippen LogP contribution < -0.4 is 4.72 Å². The number of hydrogen-bond donors (Lipinski definition) is 2. The average molecular weight is 385 g/mol. The molecule has 114 valence electrons. The summed E-state index contributed by atoms with van der Waals surface area (Å²) in [5, 5.41) is 9.04. The van der Waals surface area contributed by atoms with Gasteiger partial charge in [-0.05, 0) is 22.0 Å². The number of nitrogens with one attached hydrogen (secondary N) is 1. The molecule has 2 heterocycles. The monoisotopic (exact) mass is 384 g/mol. The molecule has 6 nitrogen and oxygen atoms in total. The molecule has 2 rings (SSSR count). The Hall–Kier alpha value is -0.0300. The van der Waals surface area contributed by atoms with Crippen LogP contribution in [-0.2, 0) is 21.4 Å². The molecule has 1 aliphatic rings. The highest BCUT2D eigenvalue weighted by atomic mass is 79.9. The summed E-state index contributed by atoms with van der Waals surface area (Å²) < 4.78 is 32.7. The van der Waals surface area contributed by atoms with Crippen molar-refractivity contribution in [3.05, 3.63) is 14.7 Å². The highest BCUT2D eigenvalue weighted by Gasteiger charge is 2.21. The Morgan fingerprint density at radius 1 is 1.45 bits per heavy atom. The Bertz CT molecular complexity index is 541. The fraction of sp³-hybridized carbons (Fsp3) is 0.636. The molecule has 0 amide bonds. The maximum absolute atomic E-state index is 12.2. The van der Waals surface area contributed by atoms with Gasteiger partial charge in [0.1, 0.15) is 4.90 Å². The van der Waals surface area contributed by atoms with Crippen LogP contribution in [-0.4, -0.2) is 57.8 Å². The van der Waals surface area contributed by atoms with E-state index in [9.17, 15) is 8.42 Å². The van der Waals surface area contributed by atoms with E-state index in [1.165, 1.54) is 17.4 Å². The van der Waals surface area contributed by atoms with Crippen molar-refractivity contribution in [1.82, 2.24) is 9.62 Å². The first-order chi connectivity index (χ1) is 9.53. The van der Waals surface area contributed by atoms with Gasteiger partial charge in [0, 0.05) is 31.1 Å². The highest BCUT2D eigenvalue weighted by Crippen LogP contribution is 2.31. The van der Waals surface area contributed by atoms with Gasteiger partial charge in [0.15, 0.2) is 0 Å². The lowest BCUT2D eigenvalue weighted by Crippen LogP contribution is -2.41. The fourth-order valence-corrected chi connectivity index (χ4v) is 5.46. The largest absolute Gasteiger partial charge is 0.391 e. The zero-order chi connectivity index (χ0) is 14.6. The lowest BCUT2D eigenvalue weighted by atomic mass is 10.4. The summed E-state index contributed by atoms with van der Waals surface area (Å²) in [6, 6.07) is 1.49. The van der Waals surface area contributed by atoms with Crippen molar-refractivity contribution < 1.29 is 18.3 Å². The summed E-state index contributed by atoms with van der Waals surface area (Å²) in [7, 11) is -3.54. The molecule has 1 saturated heterocycles. The van der Waals surface area contributed by atoms with E-state index in [0.717, 1.165) is 13.1 Å². The molecule has 0 radical (unpaired) electrons. The maximum Gasteiger partial charge on any atom is 0.242 e. The molecule has 9 heteroatoms. The number of halogens is 1. The number of nitrogens with zero attached hydrogens (tertiary/aromatic N) is 1. The van der Waals surface area contributed by atoms with Crippen molar-refractivity contribution in [3.63, 3.8) is 0 Å². The third kappa shape index (κ3) is 4.23. The molecule has 0 unspecified atom stereocenters. The molecule has 0 spiro atoms. The second-order valence-corrected chi connectivity index (χ2v) is 8.55. The van der Waals surface area contributed by atoms with Crippen molar-refractivity contribution >= 4 is 37.3 Å². The second-order valence-electron chi connectivity index (χ2n) is 4.36. The molecule has 0 saturated carbocycles. The normalized spacial score (nSPS) is 17.5. The Morgan fingerprint density at radius 2 is 2.15 bits per heavy atom. The van der Waals surface area contributed by atoms with E-state index in [0.29, 0.717) is 35.0 Å². The van der Waals surface area contributed by atoms with E-state index in [1.54, 1.807) is 0 Å². The van der Waals surface area contributed by atoms with Crippen LogP contribution in [0.4, 0.5) is 0 Å². The molecule has 0 aromatic carbocycles. The topological polar surface area (TPSA) is 78.9 Å². The van der Waals surface area contributed by atoms with Crippen LogP contribution in [0.25, 0.3) is 0 Å². The summed E-state index contributed by atoms with van der Waals surface area (Å²) in [4.78, 5) is 2.97. The first-order valence-electron chi connectivity index (χ1n) is 6.22. The predicted octanol–water partition coefficient (Wildman–Crippen LogP) is 0.613. The maximum atomic E-state index is 12.2. The summed E-state index contributed by atoms with van der Waals surface area (Å²) in [6.45, 7) is 3.92. The third-order valence-corrected chi connectivity index (χ3v) is 6.67. The van der Waals surface area contributed by atoms with Gasteiger partial charge in [-0.2, -0.15) is 0 Å². The van der Waals surface area contributed by atoms with E-state index in [2.05, 4.69) is 25.6 Å². The van der Waals surface area contributed by atoms with Gasteiger partial charge in [-0.25, -0.2) is 13.1 Å². The van der Waals surface area contributed by atoms with E-state index < -0.39 is 10.0 Å². The second kappa shape index (κ2) is 7.30. The van der Waals surface area contributed by atoms with Gasteiger partial charge in [0.25, 0.3) is 0 Å². The van der Waals surface area contributed by atoms with Crippen molar-refractivity contribution in [2.75, 3.05) is 39.4 Å². The molecular weight excluding hydrogens is 368 g/mol. The lowest BCUT2D eigenvalue weighted by molar-refractivity contribution is 0.0390. The summed E-state index contributed by atoms with van der Waals surface area (Å²) >= 11 is 4.45. The summed E-state index contributed by atoms with van der Waals surface area (Å²) in [5.41, 5.74) is 0. The molecule has 1 aromatic heterocycles. The fourth-order valence-electron chi connectivity index (χ4n) is 1.90. The molecule has 0 aliphatic carbocycles. The minimum atomic E-state index is -3.54. The van der Waals surface area contributed by atoms with Crippen LogP contribution in [0, 0.1) is 0 Å². The number of thiophene rings is 1. The van der Waals surface area contributed by atoms with E-state index in [-0.39, 0.29) is 11.5 Å². The van der Waals surface area contributed by atoms with E-state index >= 15 is 0 Å². The molecule has 1 aromatic rings. The lowest BCUT2D eigenvalue weighted by Gasteiger charge is -2.26. The average Bonchev–Trinajstić information content (AvgIpc) is 2.82. The zero-order valence-electron chi connectivity index (χ0n) is 10.8. The molecule has 1 aliphatic heterocycles. The van der Waals surface area contributed by atoms with Crippen LogP contribution in [0.15, 0.2) is 14.7 Å².